The molecule has 2 heteroatoms. The summed E-state index contributed by atoms with van der Waals surface area (Å²) < 4.78 is 5.95. The van der Waals surface area contributed by atoms with E-state index in [1.807, 2.05) is 0 Å². The van der Waals surface area contributed by atoms with Crippen LogP contribution in [0.5, 0.6) is 0 Å². The minimum absolute atomic E-state index is 0.331. The summed E-state index contributed by atoms with van der Waals surface area (Å²) in [7, 11) is 0. The van der Waals surface area contributed by atoms with E-state index in [1.165, 1.54) is 36.8 Å². The van der Waals surface area contributed by atoms with Gasteiger partial charge in [-0.05, 0) is 42.9 Å². The fraction of sp³-hybridized carbons (Fsp3) is 0.684. The second-order valence-corrected chi connectivity index (χ2v) is 6.26. The molecule has 1 unspecified atom stereocenters. The zero-order valence-corrected chi connectivity index (χ0v) is 13.7. The summed E-state index contributed by atoms with van der Waals surface area (Å²) in [6.45, 7) is 7.17. The molecule has 1 fully saturated rings. The van der Waals surface area contributed by atoms with Gasteiger partial charge in [-0.15, -0.1) is 0 Å². The molecule has 1 atom stereocenters. The Labute approximate surface area is 130 Å². The first-order valence-electron chi connectivity index (χ1n) is 8.73. The van der Waals surface area contributed by atoms with Crippen molar-refractivity contribution in [3.63, 3.8) is 0 Å². The summed E-state index contributed by atoms with van der Waals surface area (Å²) in [6.07, 6.45) is 7.76. The predicted molar refractivity (Wildman–Crippen MR) is 89.6 cm³/mol. The molecule has 118 valence electrons. The molecule has 2 nitrogen and oxygen atoms in total. The number of ether oxygens (including phenoxy) is 1. The summed E-state index contributed by atoms with van der Waals surface area (Å²) in [4.78, 5) is 0. The number of rotatable bonds is 10. The summed E-state index contributed by atoms with van der Waals surface area (Å²) >= 11 is 0. The molecule has 1 aromatic rings. The highest BCUT2D eigenvalue weighted by Gasteiger charge is 2.17. The highest BCUT2D eigenvalue weighted by atomic mass is 16.5. The van der Waals surface area contributed by atoms with Gasteiger partial charge in [-0.25, -0.2) is 0 Å². The lowest BCUT2D eigenvalue weighted by molar-refractivity contribution is 0.0888. The Balaban J connectivity index is 1.80. The van der Waals surface area contributed by atoms with Gasteiger partial charge in [0, 0.05) is 6.61 Å². The summed E-state index contributed by atoms with van der Waals surface area (Å²) in [6, 6.07) is 9.31. The summed E-state index contributed by atoms with van der Waals surface area (Å²) in [5.41, 5.74) is 2.75. The second-order valence-electron chi connectivity index (χ2n) is 6.26. The number of hydrogen-bond donors (Lipinski definition) is 1. The molecule has 0 aliphatic heterocycles. The topological polar surface area (TPSA) is 21.3 Å². The van der Waals surface area contributed by atoms with Gasteiger partial charge in [-0.3, -0.25) is 0 Å². The first-order chi connectivity index (χ1) is 10.3. The Hall–Kier alpha value is -0.860. The van der Waals surface area contributed by atoms with Crippen LogP contribution < -0.4 is 5.32 Å². The highest BCUT2D eigenvalue weighted by Crippen LogP contribution is 2.29. The molecular weight excluding hydrogens is 258 g/mol. The van der Waals surface area contributed by atoms with Crippen molar-refractivity contribution in [2.45, 2.75) is 58.4 Å². The Morgan fingerprint density at radius 1 is 1.19 bits per heavy atom. The maximum absolute atomic E-state index is 5.95. The molecule has 2 rings (SSSR count). The Bertz CT molecular complexity index is 383. The normalized spacial score (nSPS) is 16.7. The van der Waals surface area contributed by atoms with Gasteiger partial charge >= 0.3 is 0 Å². The lowest BCUT2D eigenvalue weighted by Crippen LogP contribution is -2.27. The quantitative estimate of drug-likeness (QED) is 0.640. The van der Waals surface area contributed by atoms with Crippen molar-refractivity contribution in [2.24, 2.45) is 5.92 Å². The van der Waals surface area contributed by atoms with Crippen LogP contribution in [0.25, 0.3) is 0 Å². The zero-order valence-electron chi connectivity index (χ0n) is 13.7. The smallest absolute Gasteiger partial charge is 0.0661 e. The van der Waals surface area contributed by atoms with Crippen LogP contribution in [0.3, 0.4) is 0 Å². The van der Waals surface area contributed by atoms with E-state index < -0.39 is 0 Å². The average molecular weight is 289 g/mol. The van der Waals surface area contributed by atoms with Crippen LogP contribution in [0.2, 0.25) is 0 Å². The fourth-order valence-corrected chi connectivity index (χ4v) is 2.81. The molecule has 1 aliphatic carbocycles. The molecule has 21 heavy (non-hydrogen) atoms. The van der Waals surface area contributed by atoms with E-state index in [2.05, 4.69) is 43.4 Å². The van der Waals surface area contributed by atoms with Crippen LogP contribution in [-0.4, -0.2) is 19.8 Å². The van der Waals surface area contributed by atoms with Crippen LogP contribution in [0.4, 0.5) is 0 Å². The number of aryl methyl sites for hydroxylation is 1. The van der Waals surface area contributed by atoms with E-state index in [1.54, 1.807) is 0 Å². The van der Waals surface area contributed by atoms with Crippen molar-refractivity contribution in [3.05, 3.63) is 35.4 Å². The molecule has 0 spiro atoms. The van der Waals surface area contributed by atoms with Crippen molar-refractivity contribution in [1.29, 1.82) is 0 Å². The van der Waals surface area contributed by atoms with Crippen LogP contribution in [0, 0.1) is 5.92 Å². The van der Waals surface area contributed by atoms with Gasteiger partial charge < -0.3 is 10.1 Å². The Morgan fingerprint density at radius 3 is 2.52 bits per heavy atom. The molecule has 1 saturated carbocycles. The van der Waals surface area contributed by atoms with Crippen molar-refractivity contribution >= 4 is 0 Å². The fourth-order valence-electron chi connectivity index (χ4n) is 2.81. The maximum atomic E-state index is 5.95. The highest BCUT2D eigenvalue weighted by molar-refractivity contribution is 5.25. The molecule has 1 aromatic carbocycles. The predicted octanol–water partition coefficient (Wildman–Crippen LogP) is 4.50. The molecule has 0 amide bonds. The minimum Gasteiger partial charge on any atom is -0.379 e. The van der Waals surface area contributed by atoms with Crippen LogP contribution in [-0.2, 0) is 11.2 Å². The van der Waals surface area contributed by atoms with E-state index >= 15 is 0 Å². The molecular formula is C19H31NO. The second kappa shape index (κ2) is 9.22. The van der Waals surface area contributed by atoms with Crippen molar-refractivity contribution < 1.29 is 4.74 Å². The summed E-state index contributed by atoms with van der Waals surface area (Å²) in [5.74, 6) is 0.941. The van der Waals surface area contributed by atoms with Crippen molar-refractivity contribution in [3.8, 4) is 0 Å². The van der Waals surface area contributed by atoms with Crippen molar-refractivity contribution in [1.82, 2.24) is 5.32 Å². The van der Waals surface area contributed by atoms with E-state index in [0.29, 0.717) is 6.04 Å². The van der Waals surface area contributed by atoms with Gasteiger partial charge in [0.25, 0.3) is 0 Å². The van der Waals surface area contributed by atoms with E-state index in [4.69, 9.17) is 4.74 Å². The molecule has 0 saturated heterocycles. The van der Waals surface area contributed by atoms with Gasteiger partial charge in [-0.2, -0.15) is 0 Å². The molecule has 0 radical (unpaired) electrons. The monoisotopic (exact) mass is 289 g/mol. The SMILES string of the molecule is CCCNC(COCCC1CCC1)c1ccc(CC)cc1. The van der Waals surface area contributed by atoms with E-state index in [0.717, 1.165) is 38.5 Å². The number of nitrogens with one attached hydrogen (secondary N) is 1. The summed E-state index contributed by atoms with van der Waals surface area (Å²) in [5, 5.41) is 3.61. The standard InChI is InChI=1S/C19H31NO/c1-3-13-20-19(15-21-14-12-17-6-5-7-17)18-10-8-16(4-2)9-11-18/h8-11,17,19-20H,3-7,12-15H2,1-2H3. The number of hydrogen-bond acceptors (Lipinski definition) is 2. The van der Waals surface area contributed by atoms with Gasteiger partial charge in [0.15, 0.2) is 0 Å². The van der Waals surface area contributed by atoms with Gasteiger partial charge in [-0.1, -0.05) is 57.4 Å². The lowest BCUT2D eigenvalue weighted by Gasteiger charge is -2.25. The average Bonchev–Trinajstić information content (AvgIpc) is 2.48. The molecule has 0 bridgehead atoms. The van der Waals surface area contributed by atoms with E-state index in [-0.39, 0.29) is 0 Å². The lowest BCUT2D eigenvalue weighted by atomic mass is 9.83. The number of benzene rings is 1. The third-order valence-corrected chi connectivity index (χ3v) is 4.61. The molecule has 0 heterocycles. The molecule has 1 aliphatic rings. The van der Waals surface area contributed by atoms with Gasteiger partial charge in [0.2, 0.25) is 0 Å². The third-order valence-electron chi connectivity index (χ3n) is 4.61. The minimum atomic E-state index is 0.331. The largest absolute Gasteiger partial charge is 0.379 e. The Morgan fingerprint density at radius 2 is 1.95 bits per heavy atom. The molecule has 0 aromatic heterocycles. The Kier molecular flexibility index (Phi) is 7.25. The van der Waals surface area contributed by atoms with Crippen LogP contribution in [0.1, 0.15) is 63.1 Å². The first kappa shape index (κ1) is 16.5. The van der Waals surface area contributed by atoms with Crippen LogP contribution >= 0.6 is 0 Å². The first-order valence-corrected chi connectivity index (χ1v) is 8.73. The van der Waals surface area contributed by atoms with Gasteiger partial charge in [0.05, 0.1) is 12.6 Å². The van der Waals surface area contributed by atoms with Crippen molar-refractivity contribution in [2.75, 3.05) is 19.8 Å². The van der Waals surface area contributed by atoms with E-state index in [9.17, 15) is 0 Å². The van der Waals surface area contributed by atoms with Gasteiger partial charge in [0.1, 0.15) is 0 Å². The maximum Gasteiger partial charge on any atom is 0.0661 e. The van der Waals surface area contributed by atoms with Crippen LogP contribution in [0.15, 0.2) is 24.3 Å². The zero-order chi connectivity index (χ0) is 14.9. The molecule has 1 N–H and O–H groups in total. The third kappa shape index (κ3) is 5.44.